The van der Waals surface area contributed by atoms with Crippen LogP contribution < -0.4 is 10.1 Å². The highest BCUT2D eigenvalue weighted by molar-refractivity contribution is 5.86. The Hall–Kier alpha value is -3.08. The highest BCUT2D eigenvalue weighted by atomic mass is 16.5. The Labute approximate surface area is 185 Å². The van der Waals surface area contributed by atoms with E-state index in [9.17, 15) is 4.79 Å². The number of carbonyl (C=O) groups is 1. The first-order chi connectivity index (χ1) is 15.1. The molecule has 0 aliphatic carbocycles. The summed E-state index contributed by atoms with van der Waals surface area (Å²) in [6.45, 7) is 10.1. The maximum Gasteiger partial charge on any atom is 0.243 e. The highest BCUT2D eigenvalue weighted by Gasteiger charge is 2.10. The second kappa shape index (κ2) is 11.3. The number of aromatic nitrogens is 2. The molecule has 0 unspecified atom stereocenters. The molecule has 0 atom stereocenters. The number of amides is 1. The van der Waals surface area contributed by atoms with Crippen molar-refractivity contribution < 1.29 is 9.53 Å². The van der Waals surface area contributed by atoms with Gasteiger partial charge >= 0.3 is 0 Å². The zero-order valence-electron chi connectivity index (χ0n) is 18.6. The van der Waals surface area contributed by atoms with Gasteiger partial charge in [-0.1, -0.05) is 44.7 Å². The first-order valence-corrected chi connectivity index (χ1v) is 11.2. The fourth-order valence-electron chi connectivity index (χ4n) is 3.61. The largest absolute Gasteiger partial charge is 0.494 e. The Morgan fingerprint density at radius 3 is 2.65 bits per heavy atom. The van der Waals surface area contributed by atoms with Gasteiger partial charge in [0, 0.05) is 19.5 Å². The van der Waals surface area contributed by atoms with Crippen molar-refractivity contribution in [1.29, 1.82) is 0 Å². The third-order valence-electron chi connectivity index (χ3n) is 5.39. The Bertz CT molecular complexity index is 990. The molecule has 0 fully saturated rings. The summed E-state index contributed by atoms with van der Waals surface area (Å²) in [5.41, 5.74) is 3.52. The van der Waals surface area contributed by atoms with Crippen molar-refractivity contribution in [3.63, 3.8) is 0 Å². The number of rotatable bonds is 12. The summed E-state index contributed by atoms with van der Waals surface area (Å²) in [4.78, 5) is 16.1. The molecule has 5 heteroatoms. The molecule has 1 amide bonds. The van der Waals surface area contributed by atoms with Crippen LogP contribution in [0.3, 0.4) is 0 Å². The van der Waals surface area contributed by atoms with Crippen molar-refractivity contribution in [1.82, 2.24) is 14.9 Å². The fourth-order valence-corrected chi connectivity index (χ4v) is 3.61. The molecule has 0 saturated carbocycles. The maximum absolute atomic E-state index is 11.3. The smallest absolute Gasteiger partial charge is 0.243 e. The SMILES string of the molecule is C=CC(=O)NCCCc1nc2ccccc2n1CCCCOc1ccc(C(C)C)cc1. The number of hydrogen-bond donors (Lipinski definition) is 1. The van der Waals surface area contributed by atoms with Crippen LogP contribution in [0, 0.1) is 0 Å². The van der Waals surface area contributed by atoms with Crippen LogP contribution >= 0.6 is 0 Å². The van der Waals surface area contributed by atoms with Gasteiger partial charge in [0.25, 0.3) is 0 Å². The van der Waals surface area contributed by atoms with Gasteiger partial charge in [-0.25, -0.2) is 4.98 Å². The van der Waals surface area contributed by atoms with Crippen molar-refractivity contribution in [3.05, 3.63) is 72.6 Å². The molecule has 3 aromatic rings. The van der Waals surface area contributed by atoms with E-state index in [1.807, 2.05) is 6.07 Å². The molecule has 0 radical (unpaired) electrons. The highest BCUT2D eigenvalue weighted by Crippen LogP contribution is 2.20. The Morgan fingerprint density at radius 1 is 1.13 bits per heavy atom. The summed E-state index contributed by atoms with van der Waals surface area (Å²) in [6, 6.07) is 16.6. The normalized spacial score (nSPS) is 11.1. The van der Waals surface area contributed by atoms with Crippen LogP contribution in [0.25, 0.3) is 11.0 Å². The number of carbonyl (C=O) groups excluding carboxylic acids is 1. The summed E-state index contributed by atoms with van der Waals surface area (Å²) >= 11 is 0. The second-order valence-corrected chi connectivity index (χ2v) is 8.05. The predicted molar refractivity (Wildman–Crippen MR) is 127 cm³/mol. The van der Waals surface area contributed by atoms with Gasteiger partial charge in [-0.15, -0.1) is 0 Å². The van der Waals surface area contributed by atoms with Crippen molar-refractivity contribution in [2.75, 3.05) is 13.2 Å². The number of imidazole rings is 1. The Morgan fingerprint density at radius 2 is 1.90 bits per heavy atom. The monoisotopic (exact) mass is 419 g/mol. The molecule has 3 rings (SSSR count). The number of aryl methyl sites for hydroxylation is 2. The molecule has 0 aliphatic heterocycles. The standard InChI is InChI=1S/C26H33N3O2/c1-4-26(30)27-17-9-12-25-28-23-10-5-6-11-24(23)29(25)18-7-8-19-31-22-15-13-21(14-16-22)20(2)3/h4-6,10-11,13-16,20H,1,7-9,12,17-19H2,2-3H3,(H,27,30). The number of hydrogen-bond acceptors (Lipinski definition) is 3. The number of para-hydroxylation sites is 2. The minimum atomic E-state index is -0.132. The number of unbranched alkanes of at least 4 members (excludes halogenated alkanes) is 1. The number of benzene rings is 2. The van der Waals surface area contributed by atoms with Crippen molar-refractivity contribution in [3.8, 4) is 5.75 Å². The molecule has 164 valence electrons. The van der Waals surface area contributed by atoms with Gasteiger partial charge in [0.15, 0.2) is 0 Å². The minimum absolute atomic E-state index is 0.132. The van der Waals surface area contributed by atoms with E-state index >= 15 is 0 Å². The lowest BCUT2D eigenvalue weighted by molar-refractivity contribution is -0.116. The van der Waals surface area contributed by atoms with Gasteiger partial charge in [-0.3, -0.25) is 4.79 Å². The van der Waals surface area contributed by atoms with Crippen LogP contribution in [0.15, 0.2) is 61.2 Å². The lowest BCUT2D eigenvalue weighted by Crippen LogP contribution is -2.22. The second-order valence-electron chi connectivity index (χ2n) is 8.05. The molecule has 0 saturated heterocycles. The number of ether oxygens (including phenoxy) is 1. The number of nitrogens with one attached hydrogen (secondary N) is 1. The summed E-state index contributed by atoms with van der Waals surface area (Å²) in [5.74, 6) is 2.40. The number of fused-ring (bicyclic) bond motifs is 1. The average molecular weight is 420 g/mol. The molecule has 1 aromatic heterocycles. The van der Waals surface area contributed by atoms with E-state index in [0.717, 1.165) is 54.8 Å². The van der Waals surface area contributed by atoms with E-state index in [2.05, 4.69) is 72.8 Å². The van der Waals surface area contributed by atoms with Gasteiger partial charge in [0.1, 0.15) is 11.6 Å². The molecule has 0 bridgehead atoms. The van der Waals surface area contributed by atoms with Crippen LogP contribution in [0.4, 0.5) is 0 Å². The van der Waals surface area contributed by atoms with E-state index in [-0.39, 0.29) is 5.91 Å². The van der Waals surface area contributed by atoms with Crippen molar-refractivity contribution in [2.45, 2.75) is 52.0 Å². The van der Waals surface area contributed by atoms with Gasteiger partial charge < -0.3 is 14.6 Å². The first-order valence-electron chi connectivity index (χ1n) is 11.2. The van der Waals surface area contributed by atoms with Crippen molar-refractivity contribution in [2.24, 2.45) is 0 Å². The quantitative estimate of drug-likeness (QED) is 0.322. The zero-order valence-corrected chi connectivity index (χ0v) is 18.6. The molecule has 0 aliphatic rings. The Kier molecular flexibility index (Phi) is 8.27. The third kappa shape index (κ3) is 6.45. The average Bonchev–Trinajstić information content (AvgIpc) is 3.14. The third-order valence-corrected chi connectivity index (χ3v) is 5.39. The van der Waals surface area contributed by atoms with Crippen LogP contribution in [0.2, 0.25) is 0 Å². The molecule has 31 heavy (non-hydrogen) atoms. The minimum Gasteiger partial charge on any atom is -0.494 e. The lowest BCUT2D eigenvalue weighted by Gasteiger charge is -2.11. The van der Waals surface area contributed by atoms with E-state index in [0.29, 0.717) is 19.1 Å². The summed E-state index contributed by atoms with van der Waals surface area (Å²) < 4.78 is 8.22. The van der Waals surface area contributed by atoms with Crippen LogP contribution in [-0.4, -0.2) is 28.6 Å². The van der Waals surface area contributed by atoms with Gasteiger partial charge in [-0.2, -0.15) is 0 Å². The van der Waals surface area contributed by atoms with Crippen LogP contribution in [0.5, 0.6) is 5.75 Å². The van der Waals surface area contributed by atoms with Crippen molar-refractivity contribution >= 4 is 16.9 Å². The Balaban J connectivity index is 1.51. The zero-order chi connectivity index (χ0) is 22.1. The molecule has 1 heterocycles. The van der Waals surface area contributed by atoms with Gasteiger partial charge in [-0.05, 0) is 61.1 Å². The molecule has 0 spiro atoms. The maximum atomic E-state index is 11.3. The molecular formula is C26H33N3O2. The molecular weight excluding hydrogens is 386 g/mol. The summed E-state index contributed by atoms with van der Waals surface area (Å²) in [6.07, 6.45) is 4.97. The first kappa shape index (κ1) is 22.6. The van der Waals surface area contributed by atoms with Crippen LogP contribution in [-0.2, 0) is 17.8 Å². The topological polar surface area (TPSA) is 56.2 Å². The van der Waals surface area contributed by atoms with Gasteiger partial charge in [0.2, 0.25) is 5.91 Å². The van der Waals surface area contributed by atoms with E-state index in [4.69, 9.17) is 9.72 Å². The number of nitrogens with zero attached hydrogens (tertiary/aromatic N) is 2. The summed E-state index contributed by atoms with van der Waals surface area (Å²) in [7, 11) is 0. The van der Waals surface area contributed by atoms with Gasteiger partial charge in [0.05, 0.1) is 17.6 Å². The lowest BCUT2D eigenvalue weighted by atomic mass is 10.0. The molecule has 2 aromatic carbocycles. The van der Waals surface area contributed by atoms with E-state index in [1.54, 1.807) is 0 Å². The van der Waals surface area contributed by atoms with E-state index < -0.39 is 0 Å². The summed E-state index contributed by atoms with van der Waals surface area (Å²) in [5, 5.41) is 2.83. The predicted octanol–water partition coefficient (Wildman–Crippen LogP) is 5.25. The van der Waals surface area contributed by atoms with Crippen LogP contribution in [0.1, 0.15) is 50.4 Å². The van der Waals surface area contributed by atoms with E-state index in [1.165, 1.54) is 11.6 Å². The molecule has 5 nitrogen and oxygen atoms in total. The molecule has 1 N–H and O–H groups in total. The fraction of sp³-hybridized carbons (Fsp3) is 0.385.